The molecule has 1 aliphatic rings. The molecule has 0 aromatic heterocycles. The fraction of sp³-hybridized carbons (Fsp3) is 0.818. The molecule has 1 N–H and O–H groups in total. The second kappa shape index (κ2) is 6.48. The Balaban J connectivity index is 2.52. The first-order valence-electron chi connectivity index (χ1n) is 5.79. The summed E-state index contributed by atoms with van der Waals surface area (Å²) in [5.74, 6) is -1.35. The van der Waals surface area contributed by atoms with Crippen LogP contribution in [0.15, 0.2) is 0 Å². The van der Waals surface area contributed by atoms with Crippen LogP contribution in [-0.4, -0.2) is 47.7 Å². The molecule has 0 radical (unpaired) electrons. The number of rotatable bonds is 5. The highest BCUT2D eigenvalue weighted by Gasteiger charge is 2.32. The number of hydrogen-bond donors (Lipinski definition) is 1. The molecule has 1 amide bonds. The summed E-state index contributed by atoms with van der Waals surface area (Å²) in [5, 5.41) is 8.76. The number of carbonyl (C=O) groups is 2. The van der Waals surface area contributed by atoms with Gasteiger partial charge in [0.1, 0.15) is 0 Å². The summed E-state index contributed by atoms with van der Waals surface area (Å²) in [6, 6.07) is 0.156. The van der Waals surface area contributed by atoms with Gasteiger partial charge < -0.3 is 14.7 Å². The minimum atomic E-state index is -0.785. The molecular weight excluding hydrogens is 210 g/mol. The van der Waals surface area contributed by atoms with Gasteiger partial charge in [-0.2, -0.15) is 0 Å². The summed E-state index contributed by atoms with van der Waals surface area (Å²) in [6.45, 7) is 2.34. The topological polar surface area (TPSA) is 66.8 Å². The standard InChI is InChI=1S/C11H19NO4/c1-2-16-11(15)10(14)12(7-4-8-13)9-5-3-6-9/h9,13H,2-8H2,1H3. The van der Waals surface area contributed by atoms with Crippen LogP contribution in [0, 0.1) is 0 Å². The highest BCUT2D eigenvalue weighted by atomic mass is 16.5. The van der Waals surface area contributed by atoms with E-state index in [0.717, 1.165) is 19.3 Å². The number of aliphatic hydroxyl groups excluding tert-OH is 1. The number of esters is 1. The molecule has 0 aromatic carbocycles. The van der Waals surface area contributed by atoms with E-state index in [1.54, 1.807) is 6.92 Å². The van der Waals surface area contributed by atoms with Crippen LogP contribution < -0.4 is 0 Å². The number of carbonyl (C=O) groups excluding carboxylic acids is 2. The molecule has 1 rings (SSSR count). The van der Waals surface area contributed by atoms with Gasteiger partial charge in [-0.25, -0.2) is 4.79 Å². The van der Waals surface area contributed by atoms with Gasteiger partial charge in [0, 0.05) is 19.2 Å². The number of hydrogen-bond acceptors (Lipinski definition) is 4. The van der Waals surface area contributed by atoms with Crippen molar-refractivity contribution in [2.45, 2.75) is 38.6 Å². The third-order valence-electron chi connectivity index (χ3n) is 2.78. The quantitative estimate of drug-likeness (QED) is 0.544. The number of nitrogens with zero attached hydrogens (tertiary/aromatic N) is 1. The van der Waals surface area contributed by atoms with Crippen LogP contribution in [0.5, 0.6) is 0 Å². The van der Waals surface area contributed by atoms with Crippen molar-refractivity contribution in [1.29, 1.82) is 0 Å². The van der Waals surface area contributed by atoms with Crippen LogP contribution in [0.4, 0.5) is 0 Å². The molecule has 0 atom stereocenters. The van der Waals surface area contributed by atoms with E-state index in [2.05, 4.69) is 0 Å². The van der Waals surface area contributed by atoms with Crippen molar-refractivity contribution >= 4 is 11.9 Å². The van der Waals surface area contributed by atoms with Gasteiger partial charge in [-0.05, 0) is 32.6 Å². The zero-order valence-corrected chi connectivity index (χ0v) is 9.65. The molecule has 1 aliphatic carbocycles. The highest BCUT2D eigenvalue weighted by Crippen LogP contribution is 2.25. The monoisotopic (exact) mass is 229 g/mol. The summed E-state index contributed by atoms with van der Waals surface area (Å²) in [7, 11) is 0. The fourth-order valence-corrected chi connectivity index (χ4v) is 1.70. The molecule has 92 valence electrons. The van der Waals surface area contributed by atoms with E-state index >= 15 is 0 Å². The molecule has 5 nitrogen and oxygen atoms in total. The molecule has 1 saturated carbocycles. The van der Waals surface area contributed by atoms with Gasteiger partial charge in [0.15, 0.2) is 0 Å². The first-order valence-corrected chi connectivity index (χ1v) is 5.79. The van der Waals surface area contributed by atoms with Crippen molar-refractivity contribution < 1.29 is 19.4 Å². The largest absolute Gasteiger partial charge is 0.459 e. The molecule has 0 bridgehead atoms. The number of aliphatic hydroxyl groups is 1. The van der Waals surface area contributed by atoms with Gasteiger partial charge in [0.2, 0.25) is 0 Å². The molecule has 0 aromatic rings. The average molecular weight is 229 g/mol. The van der Waals surface area contributed by atoms with Crippen molar-refractivity contribution in [3.8, 4) is 0 Å². The SMILES string of the molecule is CCOC(=O)C(=O)N(CCCO)C1CCC1. The van der Waals surface area contributed by atoms with Crippen molar-refractivity contribution in [2.24, 2.45) is 0 Å². The Labute approximate surface area is 95.4 Å². The van der Waals surface area contributed by atoms with E-state index < -0.39 is 11.9 Å². The number of amides is 1. The Kier molecular flexibility index (Phi) is 5.25. The molecule has 0 saturated heterocycles. The first-order chi connectivity index (χ1) is 7.70. The Morgan fingerprint density at radius 2 is 2.12 bits per heavy atom. The molecule has 16 heavy (non-hydrogen) atoms. The fourth-order valence-electron chi connectivity index (χ4n) is 1.70. The van der Waals surface area contributed by atoms with Crippen LogP contribution in [0.3, 0.4) is 0 Å². The van der Waals surface area contributed by atoms with E-state index in [1.807, 2.05) is 0 Å². The first kappa shape index (κ1) is 13.0. The molecule has 5 heteroatoms. The van der Waals surface area contributed by atoms with Crippen LogP contribution in [0.2, 0.25) is 0 Å². The second-order valence-corrected chi connectivity index (χ2v) is 3.88. The van der Waals surface area contributed by atoms with E-state index in [1.165, 1.54) is 4.90 Å². The summed E-state index contributed by atoms with van der Waals surface area (Å²) in [5.41, 5.74) is 0. The molecule has 0 aliphatic heterocycles. The molecule has 0 heterocycles. The lowest BCUT2D eigenvalue weighted by Crippen LogP contribution is -2.48. The number of ether oxygens (including phenoxy) is 1. The summed E-state index contributed by atoms with van der Waals surface area (Å²) >= 11 is 0. The van der Waals surface area contributed by atoms with E-state index in [-0.39, 0.29) is 19.3 Å². The zero-order valence-electron chi connectivity index (χ0n) is 9.65. The van der Waals surface area contributed by atoms with Crippen molar-refractivity contribution in [3.05, 3.63) is 0 Å². The smallest absolute Gasteiger partial charge is 0.397 e. The van der Waals surface area contributed by atoms with Gasteiger partial charge in [-0.1, -0.05) is 0 Å². The maximum atomic E-state index is 11.7. The lowest BCUT2D eigenvalue weighted by Gasteiger charge is -2.36. The van der Waals surface area contributed by atoms with E-state index in [0.29, 0.717) is 13.0 Å². The molecular formula is C11H19NO4. The van der Waals surface area contributed by atoms with E-state index in [4.69, 9.17) is 9.84 Å². The van der Waals surface area contributed by atoms with Crippen LogP contribution in [-0.2, 0) is 14.3 Å². The third-order valence-corrected chi connectivity index (χ3v) is 2.78. The minimum absolute atomic E-state index is 0.0271. The summed E-state index contributed by atoms with van der Waals surface area (Å²) < 4.78 is 4.69. The van der Waals surface area contributed by atoms with Crippen LogP contribution in [0.1, 0.15) is 32.6 Å². The predicted octanol–water partition coefficient (Wildman–Crippen LogP) is 0.313. The van der Waals surface area contributed by atoms with Crippen LogP contribution in [0.25, 0.3) is 0 Å². The zero-order chi connectivity index (χ0) is 12.0. The van der Waals surface area contributed by atoms with Gasteiger partial charge in [0.25, 0.3) is 0 Å². The highest BCUT2D eigenvalue weighted by molar-refractivity contribution is 6.32. The Hall–Kier alpha value is -1.10. The van der Waals surface area contributed by atoms with Crippen LogP contribution >= 0.6 is 0 Å². The van der Waals surface area contributed by atoms with Gasteiger partial charge in [-0.3, -0.25) is 4.79 Å². The summed E-state index contributed by atoms with van der Waals surface area (Å²) in [4.78, 5) is 24.6. The maximum absolute atomic E-state index is 11.7. The average Bonchev–Trinajstić information content (AvgIpc) is 2.20. The third kappa shape index (κ3) is 3.20. The van der Waals surface area contributed by atoms with Gasteiger partial charge >= 0.3 is 11.9 Å². The Bertz CT molecular complexity index is 250. The predicted molar refractivity (Wildman–Crippen MR) is 57.7 cm³/mol. The second-order valence-electron chi connectivity index (χ2n) is 3.88. The molecule has 1 fully saturated rings. The van der Waals surface area contributed by atoms with Gasteiger partial charge in [0.05, 0.1) is 6.61 Å². The normalized spacial score (nSPS) is 15.4. The van der Waals surface area contributed by atoms with Gasteiger partial charge in [-0.15, -0.1) is 0 Å². The maximum Gasteiger partial charge on any atom is 0.397 e. The lowest BCUT2D eigenvalue weighted by atomic mass is 9.91. The Morgan fingerprint density at radius 3 is 2.56 bits per heavy atom. The van der Waals surface area contributed by atoms with E-state index in [9.17, 15) is 9.59 Å². The lowest BCUT2D eigenvalue weighted by molar-refractivity contribution is -0.162. The van der Waals surface area contributed by atoms with Crippen molar-refractivity contribution in [2.75, 3.05) is 19.8 Å². The van der Waals surface area contributed by atoms with Crippen molar-refractivity contribution in [1.82, 2.24) is 4.90 Å². The summed E-state index contributed by atoms with van der Waals surface area (Å²) in [6.07, 6.45) is 3.48. The Morgan fingerprint density at radius 1 is 1.44 bits per heavy atom. The molecule has 0 spiro atoms. The molecule has 0 unspecified atom stereocenters. The van der Waals surface area contributed by atoms with Crippen molar-refractivity contribution in [3.63, 3.8) is 0 Å². The minimum Gasteiger partial charge on any atom is -0.459 e.